The Morgan fingerprint density at radius 2 is 1.80 bits per heavy atom. The highest BCUT2D eigenvalue weighted by molar-refractivity contribution is 5.33. The molecule has 5 heteroatoms. The van der Waals surface area contributed by atoms with E-state index in [2.05, 4.69) is 5.32 Å². The number of nitrogens with one attached hydrogen (secondary N) is 1. The SMILES string of the molecule is Cc1c(CNCC(C)(C)C(O)C(C)C)c(=O)n(-c2ccccc2)n1C. The number of nitrogens with zero attached hydrogens (tertiary/aromatic N) is 2. The fourth-order valence-corrected chi connectivity index (χ4v) is 3.34. The molecular formula is C20H31N3O2. The van der Waals surface area contributed by atoms with E-state index >= 15 is 0 Å². The Morgan fingerprint density at radius 1 is 1.20 bits per heavy atom. The van der Waals surface area contributed by atoms with Gasteiger partial charge in [-0.15, -0.1) is 0 Å². The Balaban J connectivity index is 2.18. The standard InChI is InChI=1S/C20H31N3O2/c1-14(2)18(24)20(4,5)13-21-12-17-15(3)22(6)23(19(17)25)16-10-8-7-9-11-16/h7-11,14,18,21,24H,12-13H2,1-6H3. The van der Waals surface area contributed by atoms with Gasteiger partial charge in [-0.05, 0) is 25.0 Å². The number of rotatable bonds is 7. The summed E-state index contributed by atoms with van der Waals surface area (Å²) in [7, 11) is 1.90. The molecule has 2 rings (SSSR count). The largest absolute Gasteiger partial charge is 0.392 e. The van der Waals surface area contributed by atoms with Crippen molar-refractivity contribution in [1.82, 2.24) is 14.7 Å². The lowest BCUT2D eigenvalue weighted by Gasteiger charge is -2.33. The molecule has 1 heterocycles. The molecule has 2 aromatic rings. The molecule has 0 bridgehead atoms. The van der Waals surface area contributed by atoms with Crippen molar-refractivity contribution in [2.45, 2.75) is 47.3 Å². The van der Waals surface area contributed by atoms with Gasteiger partial charge in [0.1, 0.15) is 0 Å². The Hall–Kier alpha value is -1.85. The Labute approximate surface area is 150 Å². The maximum absolute atomic E-state index is 12.9. The van der Waals surface area contributed by atoms with E-state index in [1.165, 1.54) is 0 Å². The number of aliphatic hydroxyl groups is 1. The van der Waals surface area contributed by atoms with Crippen molar-refractivity contribution in [2.75, 3.05) is 6.54 Å². The number of benzene rings is 1. The highest BCUT2D eigenvalue weighted by Crippen LogP contribution is 2.25. The zero-order valence-corrected chi connectivity index (χ0v) is 16.2. The van der Waals surface area contributed by atoms with Crippen LogP contribution in [0.4, 0.5) is 0 Å². The predicted octanol–water partition coefficient (Wildman–Crippen LogP) is 2.62. The normalized spacial score (nSPS) is 13.4. The van der Waals surface area contributed by atoms with E-state index in [0.717, 1.165) is 16.9 Å². The van der Waals surface area contributed by atoms with E-state index in [1.54, 1.807) is 4.68 Å². The van der Waals surface area contributed by atoms with Gasteiger partial charge in [-0.3, -0.25) is 9.48 Å². The molecule has 1 aromatic heterocycles. The number of aromatic nitrogens is 2. The van der Waals surface area contributed by atoms with Crippen LogP contribution in [0.15, 0.2) is 35.1 Å². The minimum Gasteiger partial charge on any atom is -0.392 e. The van der Waals surface area contributed by atoms with E-state index in [-0.39, 0.29) is 16.9 Å². The van der Waals surface area contributed by atoms with Crippen LogP contribution < -0.4 is 10.9 Å². The van der Waals surface area contributed by atoms with Crippen molar-refractivity contribution in [2.24, 2.45) is 18.4 Å². The van der Waals surface area contributed by atoms with Crippen LogP contribution in [0.3, 0.4) is 0 Å². The molecule has 1 aromatic carbocycles. The predicted molar refractivity (Wildman–Crippen MR) is 102 cm³/mol. The molecule has 0 saturated carbocycles. The van der Waals surface area contributed by atoms with Gasteiger partial charge in [0.15, 0.2) is 0 Å². The molecule has 0 aliphatic heterocycles. The Kier molecular flexibility index (Phi) is 5.91. The summed E-state index contributed by atoms with van der Waals surface area (Å²) < 4.78 is 3.59. The van der Waals surface area contributed by atoms with E-state index in [9.17, 15) is 9.90 Å². The number of aliphatic hydroxyl groups excluding tert-OH is 1. The van der Waals surface area contributed by atoms with Gasteiger partial charge < -0.3 is 10.4 Å². The quantitative estimate of drug-likeness (QED) is 0.811. The topological polar surface area (TPSA) is 59.2 Å². The zero-order chi connectivity index (χ0) is 18.8. The van der Waals surface area contributed by atoms with Gasteiger partial charge in [0.05, 0.1) is 17.4 Å². The highest BCUT2D eigenvalue weighted by atomic mass is 16.3. The molecule has 0 fully saturated rings. The number of hydrogen-bond donors (Lipinski definition) is 2. The summed E-state index contributed by atoms with van der Waals surface area (Å²) in [5, 5.41) is 13.7. The first-order valence-electron chi connectivity index (χ1n) is 8.88. The second kappa shape index (κ2) is 7.58. The average Bonchev–Trinajstić information content (AvgIpc) is 2.78. The minimum atomic E-state index is -0.391. The third-order valence-corrected chi connectivity index (χ3v) is 4.99. The maximum atomic E-state index is 12.9. The summed E-state index contributed by atoms with van der Waals surface area (Å²) >= 11 is 0. The second-order valence-electron chi connectivity index (χ2n) is 7.82. The van der Waals surface area contributed by atoms with Gasteiger partial charge in [-0.2, -0.15) is 0 Å². The van der Waals surface area contributed by atoms with Crippen molar-refractivity contribution in [3.8, 4) is 5.69 Å². The molecule has 0 spiro atoms. The van der Waals surface area contributed by atoms with Crippen molar-refractivity contribution in [3.05, 3.63) is 51.9 Å². The average molecular weight is 345 g/mol. The van der Waals surface area contributed by atoms with Crippen LogP contribution in [0.1, 0.15) is 39.0 Å². The molecule has 0 radical (unpaired) electrons. The summed E-state index contributed by atoms with van der Waals surface area (Å²) in [5.74, 6) is 0.200. The van der Waals surface area contributed by atoms with Gasteiger partial charge in [0.2, 0.25) is 0 Å². The molecule has 1 unspecified atom stereocenters. The molecule has 1 atom stereocenters. The van der Waals surface area contributed by atoms with Crippen molar-refractivity contribution < 1.29 is 5.11 Å². The molecule has 5 nitrogen and oxygen atoms in total. The molecule has 0 aliphatic rings. The van der Waals surface area contributed by atoms with Gasteiger partial charge in [0.25, 0.3) is 5.56 Å². The van der Waals surface area contributed by atoms with Crippen molar-refractivity contribution in [3.63, 3.8) is 0 Å². The third-order valence-electron chi connectivity index (χ3n) is 4.99. The van der Waals surface area contributed by atoms with Crippen molar-refractivity contribution in [1.29, 1.82) is 0 Å². The zero-order valence-electron chi connectivity index (χ0n) is 16.2. The fraction of sp³-hybridized carbons (Fsp3) is 0.550. The van der Waals surface area contributed by atoms with Crippen LogP contribution in [0.5, 0.6) is 0 Å². The van der Waals surface area contributed by atoms with E-state index < -0.39 is 6.10 Å². The lowest BCUT2D eigenvalue weighted by Crippen LogP contribution is -2.42. The molecule has 0 saturated heterocycles. The molecule has 25 heavy (non-hydrogen) atoms. The van der Waals surface area contributed by atoms with Gasteiger partial charge in [0, 0.05) is 31.2 Å². The smallest absolute Gasteiger partial charge is 0.276 e. The summed E-state index contributed by atoms with van der Waals surface area (Å²) in [4.78, 5) is 12.9. The van der Waals surface area contributed by atoms with Crippen LogP contribution in [0, 0.1) is 18.3 Å². The number of para-hydroxylation sites is 1. The monoisotopic (exact) mass is 345 g/mol. The van der Waals surface area contributed by atoms with Crippen LogP contribution in [0.2, 0.25) is 0 Å². The molecule has 0 amide bonds. The van der Waals surface area contributed by atoms with E-state index in [4.69, 9.17) is 0 Å². The lowest BCUT2D eigenvalue weighted by atomic mass is 9.80. The lowest BCUT2D eigenvalue weighted by molar-refractivity contribution is 0.0134. The maximum Gasteiger partial charge on any atom is 0.276 e. The first kappa shape index (κ1) is 19.5. The molecule has 0 aliphatic carbocycles. The molecular weight excluding hydrogens is 314 g/mol. The van der Waals surface area contributed by atoms with E-state index in [0.29, 0.717) is 13.1 Å². The van der Waals surface area contributed by atoms with Crippen LogP contribution in [-0.2, 0) is 13.6 Å². The summed E-state index contributed by atoms with van der Waals surface area (Å²) in [5.41, 5.74) is 2.32. The Bertz CT molecular complexity index is 757. The first-order valence-corrected chi connectivity index (χ1v) is 8.88. The molecule has 138 valence electrons. The third kappa shape index (κ3) is 4.05. The van der Waals surface area contributed by atoms with Crippen LogP contribution >= 0.6 is 0 Å². The van der Waals surface area contributed by atoms with E-state index in [1.807, 2.05) is 76.7 Å². The van der Waals surface area contributed by atoms with Crippen molar-refractivity contribution >= 4 is 0 Å². The van der Waals surface area contributed by atoms with Gasteiger partial charge >= 0.3 is 0 Å². The Morgan fingerprint density at radius 3 is 2.36 bits per heavy atom. The summed E-state index contributed by atoms with van der Waals surface area (Å²) in [6, 6.07) is 9.66. The fourth-order valence-electron chi connectivity index (χ4n) is 3.34. The second-order valence-corrected chi connectivity index (χ2v) is 7.82. The number of hydrogen-bond acceptors (Lipinski definition) is 3. The summed E-state index contributed by atoms with van der Waals surface area (Å²) in [6.07, 6.45) is -0.391. The summed E-state index contributed by atoms with van der Waals surface area (Å²) in [6.45, 7) is 11.2. The highest BCUT2D eigenvalue weighted by Gasteiger charge is 2.30. The van der Waals surface area contributed by atoms with Gasteiger partial charge in [-0.25, -0.2) is 4.68 Å². The van der Waals surface area contributed by atoms with Crippen LogP contribution in [0.25, 0.3) is 5.69 Å². The molecule has 2 N–H and O–H groups in total. The minimum absolute atomic E-state index is 0.000846. The first-order chi connectivity index (χ1) is 11.7. The van der Waals surface area contributed by atoms with Crippen LogP contribution in [-0.4, -0.2) is 27.1 Å². The van der Waals surface area contributed by atoms with Gasteiger partial charge in [-0.1, -0.05) is 45.9 Å².